The van der Waals surface area contributed by atoms with Gasteiger partial charge in [0.15, 0.2) is 5.65 Å². The Morgan fingerprint density at radius 2 is 1.88 bits per heavy atom. The summed E-state index contributed by atoms with van der Waals surface area (Å²) in [6, 6.07) is 8.12. The van der Waals surface area contributed by atoms with Gasteiger partial charge < -0.3 is 25.2 Å². The van der Waals surface area contributed by atoms with Crippen LogP contribution in [0.1, 0.15) is 56.6 Å². The van der Waals surface area contributed by atoms with Crippen LogP contribution in [0.4, 0.5) is 11.6 Å². The smallest absolute Gasteiger partial charge is 0.322 e. The predicted octanol–water partition coefficient (Wildman–Crippen LogP) is 3.70. The number of fused-ring (bicyclic) bond motifs is 1. The number of carbonyl (C=O) groups is 2. The number of hydrogen-bond donors (Lipinski definition) is 2. The van der Waals surface area contributed by atoms with E-state index in [1.165, 1.54) is 6.08 Å². The summed E-state index contributed by atoms with van der Waals surface area (Å²) in [7, 11) is 2.12. The molecule has 2 aromatic heterocycles. The average Bonchev–Trinajstić information content (AvgIpc) is 3.41. The Labute approximate surface area is 241 Å². The minimum atomic E-state index is -0.127. The number of nitrogens with zero attached hydrogens (tertiary/aromatic N) is 6. The Kier molecular flexibility index (Phi) is 8.82. The van der Waals surface area contributed by atoms with Crippen LogP contribution < -0.4 is 15.4 Å². The van der Waals surface area contributed by atoms with Crippen molar-refractivity contribution >= 4 is 29.1 Å². The molecule has 3 aromatic rings. The molecule has 2 aliphatic rings. The molecule has 2 N–H and O–H groups in total. The third kappa shape index (κ3) is 6.84. The van der Waals surface area contributed by atoms with Gasteiger partial charge in [0.25, 0.3) is 0 Å². The molecule has 0 spiro atoms. The highest BCUT2D eigenvalue weighted by Gasteiger charge is 2.27. The number of amides is 2. The normalized spacial score (nSPS) is 17.1. The van der Waals surface area contributed by atoms with Crippen LogP contribution in [-0.2, 0) is 16.1 Å². The molecule has 218 valence electrons. The van der Waals surface area contributed by atoms with Crippen LogP contribution in [0.5, 0.6) is 6.01 Å². The quantitative estimate of drug-likeness (QED) is 0.381. The molecular formula is C30H40N8O3. The Morgan fingerprint density at radius 1 is 1.12 bits per heavy atom. The fourth-order valence-electron chi connectivity index (χ4n) is 5.38. The largest absolute Gasteiger partial charge is 0.460 e. The van der Waals surface area contributed by atoms with E-state index in [0.29, 0.717) is 44.4 Å². The molecule has 11 nitrogen and oxygen atoms in total. The lowest BCUT2D eigenvalue weighted by Crippen LogP contribution is -2.40. The molecule has 0 aliphatic carbocycles. The van der Waals surface area contributed by atoms with Gasteiger partial charge in [-0.25, -0.2) is 0 Å². The zero-order chi connectivity index (χ0) is 28.9. The summed E-state index contributed by atoms with van der Waals surface area (Å²) in [6.07, 6.45) is 6.41. The van der Waals surface area contributed by atoms with Crippen LogP contribution >= 0.6 is 0 Å². The molecule has 11 heteroatoms. The SMILES string of the molecule is C=CC(=O)N1CCC(C(=O)Nc2cccc(CNc3nc(OC4CCN(C)CC4)nc4c(C(C)C)cnn34)c2)CC1. The number of benzene rings is 1. The summed E-state index contributed by atoms with van der Waals surface area (Å²) >= 11 is 0. The van der Waals surface area contributed by atoms with Crippen molar-refractivity contribution in [1.29, 1.82) is 0 Å². The fraction of sp³-hybridized carbons (Fsp3) is 0.500. The lowest BCUT2D eigenvalue weighted by molar-refractivity contribution is -0.130. The molecule has 0 bridgehead atoms. The van der Waals surface area contributed by atoms with E-state index in [9.17, 15) is 9.59 Å². The van der Waals surface area contributed by atoms with Crippen LogP contribution in [0.15, 0.2) is 43.1 Å². The maximum absolute atomic E-state index is 12.9. The van der Waals surface area contributed by atoms with Crippen LogP contribution in [0.3, 0.4) is 0 Å². The third-order valence-corrected chi connectivity index (χ3v) is 7.93. The first-order valence-corrected chi connectivity index (χ1v) is 14.5. The molecule has 41 heavy (non-hydrogen) atoms. The van der Waals surface area contributed by atoms with E-state index in [1.807, 2.05) is 30.5 Å². The van der Waals surface area contributed by atoms with Crippen molar-refractivity contribution in [3.8, 4) is 6.01 Å². The number of likely N-dealkylation sites (tertiary alicyclic amines) is 2. The number of hydrogen-bond acceptors (Lipinski definition) is 8. The summed E-state index contributed by atoms with van der Waals surface area (Å²) in [5.41, 5.74) is 3.49. The minimum Gasteiger partial charge on any atom is -0.460 e. The molecule has 2 saturated heterocycles. The highest BCUT2D eigenvalue weighted by Crippen LogP contribution is 2.25. The van der Waals surface area contributed by atoms with E-state index < -0.39 is 0 Å². The fourth-order valence-corrected chi connectivity index (χ4v) is 5.38. The van der Waals surface area contributed by atoms with Gasteiger partial charge in [0.2, 0.25) is 17.8 Å². The standard InChI is InChI=1S/C30H40N8O3/c1-5-26(39)37-15-9-22(10-16-37)28(40)33-23-8-6-7-21(17-23)18-31-29-35-30(41-24-11-13-36(4)14-12-24)34-27-25(20(2)3)19-32-38(27)29/h5-8,17,19-20,22,24H,1,9-16,18H2,2-4H3,(H,33,40)(H,31,34,35). The first kappa shape index (κ1) is 28.5. The maximum atomic E-state index is 12.9. The highest BCUT2D eigenvalue weighted by molar-refractivity contribution is 5.93. The van der Waals surface area contributed by atoms with Crippen molar-refractivity contribution in [3.05, 3.63) is 54.2 Å². The number of anilines is 2. The van der Waals surface area contributed by atoms with Gasteiger partial charge in [0, 0.05) is 49.9 Å². The van der Waals surface area contributed by atoms with Gasteiger partial charge in [-0.15, -0.1) is 0 Å². The van der Waals surface area contributed by atoms with Gasteiger partial charge in [0.1, 0.15) is 6.10 Å². The minimum absolute atomic E-state index is 0.0215. The Balaban J connectivity index is 1.26. The number of ether oxygens (including phenoxy) is 1. The van der Waals surface area contributed by atoms with Crippen LogP contribution in [0, 0.1) is 5.92 Å². The summed E-state index contributed by atoms with van der Waals surface area (Å²) in [5.74, 6) is 0.576. The molecule has 0 atom stereocenters. The monoisotopic (exact) mass is 560 g/mol. The van der Waals surface area contributed by atoms with Gasteiger partial charge in [0.05, 0.1) is 6.20 Å². The summed E-state index contributed by atoms with van der Waals surface area (Å²) in [6.45, 7) is 11.4. The van der Waals surface area contributed by atoms with Gasteiger partial charge in [-0.3, -0.25) is 9.59 Å². The van der Waals surface area contributed by atoms with Gasteiger partial charge in [-0.1, -0.05) is 32.6 Å². The van der Waals surface area contributed by atoms with E-state index in [1.54, 1.807) is 9.42 Å². The number of rotatable bonds is 9. The van der Waals surface area contributed by atoms with Crippen LogP contribution in [-0.4, -0.2) is 80.5 Å². The molecule has 2 amide bonds. The summed E-state index contributed by atoms with van der Waals surface area (Å²) < 4.78 is 7.98. The van der Waals surface area contributed by atoms with Crippen molar-refractivity contribution in [3.63, 3.8) is 0 Å². The molecule has 5 rings (SSSR count). The second kappa shape index (κ2) is 12.7. The van der Waals surface area contributed by atoms with E-state index in [4.69, 9.17) is 14.7 Å². The average molecular weight is 561 g/mol. The van der Waals surface area contributed by atoms with Crippen molar-refractivity contribution in [2.75, 3.05) is 43.9 Å². The lowest BCUT2D eigenvalue weighted by atomic mass is 9.95. The molecule has 0 radical (unpaired) electrons. The Morgan fingerprint density at radius 3 is 2.59 bits per heavy atom. The summed E-state index contributed by atoms with van der Waals surface area (Å²) in [5, 5.41) is 11.0. The molecule has 1 aromatic carbocycles. The van der Waals surface area contributed by atoms with Gasteiger partial charge in [-0.2, -0.15) is 19.6 Å². The molecule has 4 heterocycles. The maximum Gasteiger partial charge on any atom is 0.322 e. The molecule has 0 saturated carbocycles. The third-order valence-electron chi connectivity index (χ3n) is 7.93. The van der Waals surface area contributed by atoms with E-state index in [0.717, 1.165) is 48.4 Å². The van der Waals surface area contributed by atoms with Crippen molar-refractivity contribution in [2.24, 2.45) is 5.92 Å². The van der Waals surface area contributed by atoms with Crippen LogP contribution in [0.25, 0.3) is 5.65 Å². The van der Waals surface area contributed by atoms with Crippen LogP contribution in [0.2, 0.25) is 0 Å². The van der Waals surface area contributed by atoms with E-state index >= 15 is 0 Å². The van der Waals surface area contributed by atoms with E-state index in [2.05, 4.69) is 48.1 Å². The second-order valence-electron chi connectivity index (χ2n) is 11.3. The van der Waals surface area contributed by atoms with Gasteiger partial charge >= 0.3 is 6.01 Å². The second-order valence-corrected chi connectivity index (χ2v) is 11.3. The highest BCUT2D eigenvalue weighted by atomic mass is 16.5. The zero-order valence-electron chi connectivity index (χ0n) is 24.2. The number of aromatic nitrogens is 4. The van der Waals surface area contributed by atoms with E-state index in [-0.39, 0.29) is 29.8 Å². The zero-order valence-corrected chi connectivity index (χ0v) is 24.2. The molecule has 2 aliphatic heterocycles. The topological polar surface area (TPSA) is 117 Å². The Hall–Kier alpha value is -3.99. The number of carbonyl (C=O) groups excluding carboxylic acids is 2. The van der Waals surface area contributed by atoms with Crippen molar-refractivity contribution in [1.82, 2.24) is 29.4 Å². The molecule has 0 unspecified atom stereocenters. The molecular weight excluding hydrogens is 520 g/mol. The Bertz CT molecular complexity index is 1390. The van der Waals surface area contributed by atoms with Crippen molar-refractivity contribution < 1.29 is 14.3 Å². The first-order valence-electron chi connectivity index (χ1n) is 14.5. The summed E-state index contributed by atoms with van der Waals surface area (Å²) in [4.78, 5) is 38.2. The number of piperidine rings is 2. The number of nitrogens with one attached hydrogen (secondary N) is 2. The lowest BCUT2D eigenvalue weighted by Gasteiger charge is -2.30. The molecule has 2 fully saturated rings. The van der Waals surface area contributed by atoms with Gasteiger partial charge in [-0.05, 0) is 62.4 Å². The van der Waals surface area contributed by atoms with Crippen molar-refractivity contribution in [2.45, 2.75) is 58.1 Å². The first-order chi connectivity index (χ1) is 19.8. The predicted molar refractivity (Wildman–Crippen MR) is 158 cm³/mol.